The summed E-state index contributed by atoms with van der Waals surface area (Å²) in [5.74, 6) is 6.43. The van der Waals surface area contributed by atoms with E-state index >= 15 is 0 Å². The van der Waals surface area contributed by atoms with Gasteiger partial charge in [-0.3, -0.25) is 0 Å². The highest BCUT2D eigenvalue weighted by atomic mass is 32.2. The molecule has 1 aliphatic heterocycles. The number of H-pyrrole nitrogens is 1. The summed E-state index contributed by atoms with van der Waals surface area (Å²) in [5, 5.41) is 11.1. The maximum absolute atomic E-state index is 12.7. The fourth-order valence-corrected chi connectivity index (χ4v) is 4.74. The molecule has 0 radical (unpaired) electrons. The third-order valence-electron chi connectivity index (χ3n) is 5.43. The third kappa shape index (κ3) is 4.85. The van der Waals surface area contributed by atoms with Gasteiger partial charge in [0.05, 0.1) is 4.90 Å². The molecule has 3 aromatic rings. The van der Waals surface area contributed by atoms with Gasteiger partial charge in [-0.05, 0) is 64.7 Å². The Morgan fingerprint density at radius 1 is 1.19 bits per heavy atom. The van der Waals surface area contributed by atoms with E-state index in [0.717, 1.165) is 52.3 Å². The van der Waals surface area contributed by atoms with E-state index in [1.807, 2.05) is 38.4 Å². The SMILES string of the molecule is CN(C)S(=O)c1ccc(N2CCC(C#CC(C)(C)O)C2)c(-c2cc3ccccc3[nH]2)c1. The number of aromatic nitrogens is 1. The Hall–Kier alpha value is -2.59. The Kier molecular flexibility index (Phi) is 5.94. The number of hydrogen-bond acceptors (Lipinski definition) is 3. The molecule has 0 amide bonds. The summed E-state index contributed by atoms with van der Waals surface area (Å²) < 4.78 is 14.4. The van der Waals surface area contributed by atoms with Gasteiger partial charge >= 0.3 is 0 Å². The molecule has 31 heavy (non-hydrogen) atoms. The highest BCUT2D eigenvalue weighted by Crippen LogP contribution is 2.36. The molecule has 1 aromatic heterocycles. The topological polar surface area (TPSA) is 59.6 Å². The number of anilines is 1. The fourth-order valence-electron chi connectivity index (χ4n) is 3.92. The highest BCUT2D eigenvalue weighted by molar-refractivity contribution is 7.82. The molecule has 6 heteroatoms. The van der Waals surface area contributed by atoms with Crippen molar-refractivity contribution in [3.05, 3.63) is 48.5 Å². The van der Waals surface area contributed by atoms with Gasteiger partial charge in [0.2, 0.25) is 0 Å². The van der Waals surface area contributed by atoms with Crippen LogP contribution >= 0.6 is 0 Å². The van der Waals surface area contributed by atoms with E-state index < -0.39 is 16.6 Å². The molecule has 0 saturated carbocycles. The Bertz CT molecular complexity index is 1150. The summed E-state index contributed by atoms with van der Waals surface area (Å²) in [5.41, 5.74) is 3.28. The summed E-state index contributed by atoms with van der Waals surface area (Å²) >= 11 is 0. The quantitative estimate of drug-likeness (QED) is 0.609. The summed E-state index contributed by atoms with van der Waals surface area (Å²) in [4.78, 5) is 6.65. The molecule has 4 rings (SSSR count). The van der Waals surface area contributed by atoms with E-state index in [4.69, 9.17) is 0 Å². The lowest BCUT2D eigenvalue weighted by Crippen LogP contribution is -2.21. The van der Waals surface area contributed by atoms with Crippen molar-refractivity contribution in [2.45, 2.75) is 30.8 Å². The average Bonchev–Trinajstić information content (AvgIpc) is 3.37. The van der Waals surface area contributed by atoms with Gasteiger partial charge in [-0.1, -0.05) is 30.0 Å². The van der Waals surface area contributed by atoms with Crippen molar-refractivity contribution in [2.24, 2.45) is 5.92 Å². The minimum Gasteiger partial charge on any atom is -0.378 e. The lowest BCUT2D eigenvalue weighted by molar-refractivity contribution is 0.143. The molecular formula is C25H29N3O2S. The molecule has 5 nitrogen and oxygen atoms in total. The summed E-state index contributed by atoms with van der Waals surface area (Å²) in [6, 6.07) is 16.4. The van der Waals surface area contributed by atoms with Gasteiger partial charge in [-0.25, -0.2) is 8.51 Å². The van der Waals surface area contributed by atoms with E-state index in [1.54, 1.807) is 18.2 Å². The zero-order valence-electron chi connectivity index (χ0n) is 18.5. The van der Waals surface area contributed by atoms with Crippen molar-refractivity contribution in [1.29, 1.82) is 0 Å². The van der Waals surface area contributed by atoms with Crippen LogP contribution in [0, 0.1) is 17.8 Å². The molecule has 0 aliphatic carbocycles. The second-order valence-electron chi connectivity index (χ2n) is 8.77. The predicted octanol–water partition coefficient (Wildman–Crippen LogP) is 4.02. The summed E-state index contributed by atoms with van der Waals surface area (Å²) in [7, 11) is 2.42. The van der Waals surface area contributed by atoms with Gasteiger partial charge in [-0.15, -0.1) is 0 Å². The molecule has 1 saturated heterocycles. The van der Waals surface area contributed by atoms with Crippen molar-refractivity contribution < 1.29 is 9.32 Å². The number of para-hydroxylation sites is 1. The summed E-state index contributed by atoms with van der Waals surface area (Å²) in [6.45, 7) is 5.13. The van der Waals surface area contributed by atoms with Crippen LogP contribution in [0.2, 0.25) is 0 Å². The van der Waals surface area contributed by atoms with Crippen molar-refractivity contribution in [1.82, 2.24) is 9.29 Å². The number of benzene rings is 2. The van der Waals surface area contributed by atoms with Crippen LogP contribution in [0.4, 0.5) is 5.69 Å². The second kappa shape index (κ2) is 8.51. The molecule has 0 spiro atoms. The van der Waals surface area contributed by atoms with E-state index in [0.29, 0.717) is 0 Å². The zero-order chi connectivity index (χ0) is 22.2. The van der Waals surface area contributed by atoms with E-state index in [-0.39, 0.29) is 5.92 Å². The van der Waals surface area contributed by atoms with Gasteiger partial charge < -0.3 is 15.0 Å². The predicted molar refractivity (Wildman–Crippen MR) is 128 cm³/mol. The maximum Gasteiger partial charge on any atom is 0.127 e. The van der Waals surface area contributed by atoms with Crippen LogP contribution < -0.4 is 4.90 Å². The van der Waals surface area contributed by atoms with Gasteiger partial charge in [-0.2, -0.15) is 0 Å². The minimum absolute atomic E-state index is 0.220. The first-order valence-electron chi connectivity index (χ1n) is 10.5. The lowest BCUT2D eigenvalue weighted by Gasteiger charge is -2.22. The number of nitrogens with zero attached hydrogens (tertiary/aromatic N) is 2. The first-order chi connectivity index (χ1) is 14.7. The minimum atomic E-state index is -1.22. The monoisotopic (exact) mass is 435 g/mol. The van der Waals surface area contributed by atoms with Crippen LogP contribution in [-0.2, 0) is 11.0 Å². The third-order valence-corrected chi connectivity index (χ3v) is 6.75. The van der Waals surface area contributed by atoms with Gasteiger partial charge in [0.1, 0.15) is 16.6 Å². The smallest absolute Gasteiger partial charge is 0.127 e. The van der Waals surface area contributed by atoms with Crippen LogP contribution in [0.25, 0.3) is 22.2 Å². The normalized spacial score (nSPS) is 17.7. The molecule has 162 valence electrons. The zero-order valence-corrected chi connectivity index (χ0v) is 19.3. The second-order valence-corrected chi connectivity index (χ2v) is 10.5. The highest BCUT2D eigenvalue weighted by Gasteiger charge is 2.25. The van der Waals surface area contributed by atoms with Crippen molar-refractivity contribution >= 4 is 27.6 Å². The Balaban J connectivity index is 1.73. The molecule has 2 unspecified atom stereocenters. The van der Waals surface area contributed by atoms with Crippen molar-refractivity contribution in [3.8, 4) is 23.1 Å². The van der Waals surface area contributed by atoms with Crippen LogP contribution in [0.1, 0.15) is 20.3 Å². The van der Waals surface area contributed by atoms with Crippen LogP contribution in [-0.4, -0.2) is 51.4 Å². The number of rotatable bonds is 4. The Morgan fingerprint density at radius 2 is 1.97 bits per heavy atom. The van der Waals surface area contributed by atoms with Gasteiger partial charge in [0.25, 0.3) is 0 Å². The maximum atomic E-state index is 12.7. The van der Waals surface area contributed by atoms with Gasteiger partial charge in [0, 0.05) is 46.9 Å². The molecule has 2 heterocycles. The molecule has 1 aliphatic rings. The van der Waals surface area contributed by atoms with E-state index in [2.05, 4.69) is 46.0 Å². The first kappa shape index (κ1) is 21.6. The fraction of sp³-hybridized carbons (Fsp3) is 0.360. The van der Waals surface area contributed by atoms with E-state index in [1.165, 1.54) is 0 Å². The van der Waals surface area contributed by atoms with Crippen molar-refractivity contribution in [3.63, 3.8) is 0 Å². The van der Waals surface area contributed by atoms with Crippen LogP contribution in [0.5, 0.6) is 0 Å². The number of aliphatic hydroxyl groups is 1. The molecule has 1 fully saturated rings. The number of fused-ring (bicyclic) bond motifs is 1. The number of aromatic amines is 1. The largest absolute Gasteiger partial charge is 0.378 e. The molecule has 2 aromatic carbocycles. The average molecular weight is 436 g/mol. The van der Waals surface area contributed by atoms with E-state index in [9.17, 15) is 9.32 Å². The molecular weight excluding hydrogens is 406 g/mol. The summed E-state index contributed by atoms with van der Waals surface area (Å²) in [6.07, 6.45) is 0.959. The number of hydrogen-bond donors (Lipinski definition) is 2. The number of nitrogens with one attached hydrogen (secondary N) is 1. The van der Waals surface area contributed by atoms with Crippen LogP contribution in [0.3, 0.4) is 0 Å². The standard InChI is InChI=1S/C25H29N3O2S/c1-25(2,29)13-11-18-12-14-28(17-18)24-10-9-20(31(30)27(3)4)16-21(24)23-15-19-7-5-6-8-22(19)26-23/h5-10,15-16,18,26,29H,12,14,17H2,1-4H3. The van der Waals surface area contributed by atoms with Gasteiger partial charge in [0.15, 0.2) is 0 Å². The molecule has 2 N–H and O–H groups in total. The van der Waals surface area contributed by atoms with Crippen molar-refractivity contribution in [2.75, 3.05) is 32.1 Å². The lowest BCUT2D eigenvalue weighted by atomic mass is 10.1. The Labute approximate surface area is 186 Å². The first-order valence-corrected chi connectivity index (χ1v) is 11.6. The molecule has 0 bridgehead atoms. The Morgan fingerprint density at radius 3 is 2.68 bits per heavy atom. The molecule has 2 atom stereocenters. The van der Waals surface area contributed by atoms with Crippen LogP contribution in [0.15, 0.2) is 53.4 Å².